The Labute approximate surface area is 199 Å². The Morgan fingerprint density at radius 2 is 1.64 bits per heavy atom. The molecule has 1 aliphatic rings. The highest BCUT2D eigenvalue weighted by Crippen LogP contribution is 2.29. The predicted molar refractivity (Wildman–Crippen MR) is 132 cm³/mol. The van der Waals surface area contributed by atoms with E-state index in [-0.39, 0.29) is 5.82 Å². The number of nitrogens with one attached hydrogen (secondary N) is 1. The number of ether oxygens (including phenoxy) is 3. The molecule has 0 aromatic heterocycles. The van der Waals surface area contributed by atoms with Crippen LogP contribution in [0.4, 0.5) is 4.39 Å². The van der Waals surface area contributed by atoms with Gasteiger partial charge in [-0.15, -0.1) is 11.8 Å². The lowest BCUT2D eigenvalue weighted by atomic mass is 10.1. The monoisotopic (exact) mass is 467 g/mol. The van der Waals surface area contributed by atoms with Gasteiger partial charge >= 0.3 is 0 Å². The molecule has 3 aromatic rings. The maximum absolute atomic E-state index is 13.1. The molecule has 0 saturated carbocycles. The van der Waals surface area contributed by atoms with Crippen LogP contribution in [0, 0.1) is 5.82 Å². The van der Waals surface area contributed by atoms with Crippen LogP contribution in [0.3, 0.4) is 0 Å². The van der Waals surface area contributed by atoms with Gasteiger partial charge in [0.25, 0.3) is 0 Å². The van der Waals surface area contributed by atoms with Crippen LogP contribution in [-0.4, -0.2) is 24.8 Å². The SMILES string of the molecule is CCCc1cc(Oc2ccc(F)cc2)ccc1OCCCOc1ccc(C2CSCN2)cc1. The summed E-state index contributed by atoms with van der Waals surface area (Å²) in [5, 5.41) is 3.48. The highest BCUT2D eigenvalue weighted by atomic mass is 32.2. The van der Waals surface area contributed by atoms with Crippen LogP contribution < -0.4 is 19.5 Å². The molecule has 0 aliphatic carbocycles. The molecular weight excluding hydrogens is 437 g/mol. The molecule has 0 spiro atoms. The topological polar surface area (TPSA) is 39.7 Å². The lowest BCUT2D eigenvalue weighted by Gasteiger charge is -2.14. The predicted octanol–water partition coefficient (Wildman–Crippen LogP) is 6.75. The Morgan fingerprint density at radius 3 is 2.36 bits per heavy atom. The summed E-state index contributed by atoms with van der Waals surface area (Å²) in [7, 11) is 0. The van der Waals surface area contributed by atoms with Gasteiger partial charge in [-0.25, -0.2) is 4.39 Å². The van der Waals surface area contributed by atoms with Crippen molar-refractivity contribution in [3.8, 4) is 23.0 Å². The van der Waals surface area contributed by atoms with Crippen LogP contribution in [0.1, 0.15) is 36.9 Å². The molecule has 174 valence electrons. The fraction of sp³-hybridized carbons (Fsp3) is 0.333. The van der Waals surface area contributed by atoms with Crippen molar-refractivity contribution in [3.63, 3.8) is 0 Å². The Kier molecular flexibility index (Phi) is 8.50. The third-order valence-electron chi connectivity index (χ3n) is 5.41. The zero-order chi connectivity index (χ0) is 22.9. The highest BCUT2D eigenvalue weighted by molar-refractivity contribution is 7.99. The molecule has 6 heteroatoms. The van der Waals surface area contributed by atoms with Crippen molar-refractivity contribution in [1.29, 1.82) is 0 Å². The van der Waals surface area contributed by atoms with Crippen LogP contribution in [0.15, 0.2) is 66.7 Å². The largest absolute Gasteiger partial charge is 0.493 e. The van der Waals surface area contributed by atoms with E-state index in [1.54, 1.807) is 12.1 Å². The van der Waals surface area contributed by atoms with Crippen LogP contribution >= 0.6 is 11.8 Å². The van der Waals surface area contributed by atoms with E-state index in [0.717, 1.165) is 53.7 Å². The average molecular weight is 468 g/mol. The van der Waals surface area contributed by atoms with Crippen LogP contribution in [0.5, 0.6) is 23.0 Å². The molecule has 1 fully saturated rings. The molecule has 3 aromatic carbocycles. The van der Waals surface area contributed by atoms with Gasteiger partial charge < -0.3 is 19.5 Å². The molecule has 1 atom stereocenters. The lowest BCUT2D eigenvalue weighted by Crippen LogP contribution is -2.14. The van der Waals surface area contributed by atoms with Gasteiger partial charge in [0.1, 0.15) is 28.8 Å². The van der Waals surface area contributed by atoms with E-state index in [1.165, 1.54) is 17.7 Å². The van der Waals surface area contributed by atoms with Gasteiger partial charge in [-0.3, -0.25) is 0 Å². The smallest absolute Gasteiger partial charge is 0.127 e. The quantitative estimate of drug-likeness (QED) is 0.316. The molecule has 33 heavy (non-hydrogen) atoms. The summed E-state index contributed by atoms with van der Waals surface area (Å²) in [6.45, 7) is 3.32. The number of aryl methyl sites for hydroxylation is 1. The van der Waals surface area contributed by atoms with Crippen molar-refractivity contribution in [3.05, 3.63) is 83.7 Å². The second-order valence-electron chi connectivity index (χ2n) is 7.97. The highest BCUT2D eigenvalue weighted by Gasteiger charge is 2.16. The zero-order valence-electron chi connectivity index (χ0n) is 18.9. The molecular formula is C27H30FNO3S. The Morgan fingerprint density at radius 1 is 0.909 bits per heavy atom. The molecule has 1 heterocycles. The molecule has 0 radical (unpaired) electrons. The first-order valence-corrected chi connectivity index (χ1v) is 12.6. The standard InChI is InChI=1S/C27H30FNO3S/c1-2-4-21-17-25(32-24-11-7-22(28)8-12-24)13-14-27(21)31-16-3-15-30-23-9-5-20(6-10-23)26-18-33-19-29-26/h5-14,17,26,29H,2-4,15-16,18-19H2,1H3. The van der Waals surface area contributed by atoms with Gasteiger partial charge in [0.15, 0.2) is 0 Å². The van der Waals surface area contributed by atoms with Gasteiger partial charge in [0.05, 0.1) is 13.2 Å². The van der Waals surface area contributed by atoms with Crippen molar-refractivity contribution >= 4 is 11.8 Å². The maximum atomic E-state index is 13.1. The molecule has 0 bridgehead atoms. The number of rotatable bonds is 11. The summed E-state index contributed by atoms with van der Waals surface area (Å²) in [6.07, 6.45) is 2.69. The maximum Gasteiger partial charge on any atom is 0.127 e. The van der Waals surface area contributed by atoms with Gasteiger partial charge in [-0.05, 0) is 72.1 Å². The lowest BCUT2D eigenvalue weighted by molar-refractivity contribution is 0.246. The summed E-state index contributed by atoms with van der Waals surface area (Å²) >= 11 is 1.93. The number of benzene rings is 3. The molecule has 1 saturated heterocycles. The van der Waals surface area contributed by atoms with Crippen molar-refractivity contribution in [1.82, 2.24) is 5.32 Å². The second kappa shape index (κ2) is 12.0. The van der Waals surface area contributed by atoms with E-state index >= 15 is 0 Å². The summed E-state index contributed by atoms with van der Waals surface area (Å²) in [6, 6.07) is 20.7. The fourth-order valence-corrected chi connectivity index (χ4v) is 4.68. The van der Waals surface area contributed by atoms with E-state index in [2.05, 4.69) is 24.4 Å². The first-order chi connectivity index (χ1) is 16.2. The Balaban J connectivity index is 1.24. The molecule has 1 unspecified atom stereocenters. The van der Waals surface area contributed by atoms with E-state index in [1.807, 2.05) is 42.1 Å². The van der Waals surface area contributed by atoms with Crippen molar-refractivity contribution in [2.75, 3.05) is 24.8 Å². The number of thioether (sulfide) groups is 1. The van der Waals surface area contributed by atoms with E-state index in [9.17, 15) is 4.39 Å². The van der Waals surface area contributed by atoms with Crippen molar-refractivity contribution in [2.24, 2.45) is 0 Å². The van der Waals surface area contributed by atoms with E-state index < -0.39 is 0 Å². The first-order valence-electron chi connectivity index (χ1n) is 11.4. The van der Waals surface area contributed by atoms with Gasteiger partial charge in [0, 0.05) is 24.1 Å². The molecule has 1 N–H and O–H groups in total. The molecule has 1 aliphatic heterocycles. The van der Waals surface area contributed by atoms with Crippen molar-refractivity contribution in [2.45, 2.75) is 32.2 Å². The average Bonchev–Trinajstić information content (AvgIpc) is 3.37. The minimum absolute atomic E-state index is 0.278. The summed E-state index contributed by atoms with van der Waals surface area (Å²) in [5.74, 6) is 4.95. The van der Waals surface area contributed by atoms with Crippen LogP contribution in [0.25, 0.3) is 0 Å². The molecule has 4 rings (SSSR count). The zero-order valence-corrected chi connectivity index (χ0v) is 19.7. The first kappa shape index (κ1) is 23.5. The van der Waals surface area contributed by atoms with Gasteiger partial charge in [-0.1, -0.05) is 25.5 Å². The number of hydrogen-bond acceptors (Lipinski definition) is 5. The van der Waals surface area contributed by atoms with Crippen LogP contribution in [-0.2, 0) is 6.42 Å². The summed E-state index contributed by atoms with van der Waals surface area (Å²) in [4.78, 5) is 0. The Bertz CT molecular complexity index is 1000. The third kappa shape index (κ3) is 6.89. The van der Waals surface area contributed by atoms with Crippen molar-refractivity contribution < 1.29 is 18.6 Å². The van der Waals surface area contributed by atoms with Gasteiger partial charge in [0.2, 0.25) is 0 Å². The number of halogens is 1. The van der Waals surface area contributed by atoms with Crippen LogP contribution in [0.2, 0.25) is 0 Å². The minimum atomic E-state index is -0.278. The van der Waals surface area contributed by atoms with Gasteiger partial charge in [-0.2, -0.15) is 0 Å². The fourth-order valence-electron chi connectivity index (χ4n) is 3.70. The summed E-state index contributed by atoms with van der Waals surface area (Å²) in [5.41, 5.74) is 2.42. The third-order valence-corrected chi connectivity index (χ3v) is 6.35. The Hall–Kier alpha value is -2.70. The minimum Gasteiger partial charge on any atom is -0.493 e. The second-order valence-corrected chi connectivity index (χ2v) is 9.00. The normalized spacial score (nSPS) is 15.4. The number of hydrogen-bond donors (Lipinski definition) is 1. The van der Waals surface area contributed by atoms with E-state index in [0.29, 0.717) is 25.0 Å². The molecule has 4 nitrogen and oxygen atoms in total. The molecule has 0 amide bonds. The summed E-state index contributed by atoms with van der Waals surface area (Å²) < 4.78 is 30.9. The van der Waals surface area contributed by atoms with E-state index in [4.69, 9.17) is 14.2 Å².